The molecule has 0 aliphatic heterocycles. The molecule has 1 aliphatic rings. The molecule has 1 aliphatic carbocycles. The second kappa shape index (κ2) is 11.9. The molecule has 0 aromatic heterocycles. The lowest BCUT2D eigenvalue weighted by molar-refractivity contribution is 0.0804. The van der Waals surface area contributed by atoms with Crippen LogP contribution in [0, 0.1) is 0 Å². The Morgan fingerprint density at radius 3 is 1.71 bits per heavy atom. The van der Waals surface area contributed by atoms with E-state index in [9.17, 15) is 4.55 Å². The van der Waals surface area contributed by atoms with Crippen molar-refractivity contribution >= 4 is 11.2 Å². The second-order valence-electron chi connectivity index (χ2n) is 8.30. The van der Waals surface area contributed by atoms with Crippen molar-refractivity contribution in [3.05, 3.63) is 35.4 Å². The zero-order chi connectivity index (χ0) is 24.8. The Hall–Kier alpha value is -2.29. The molecule has 1 fully saturated rings. The topological polar surface area (TPSA) is 78.4 Å². The summed E-state index contributed by atoms with van der Waals surface area (Å²) in [5.41, 5.74) is 2.10. The monoisotopic (exact) mass is 492 g/mol. The maximum Gasteiger partial charge on any atom is 0.216 e. The van der Waals surface area contributed by atoms with E-state index in [2.05, 4.69) is 0 Å². The minimum absolute atomic E-state index is 0.0898. The molecule has 2 aromatic carbocycles. The van der Waals surface area contributed by atoms with Gasteiger partial charge in [-0.05, 0) is 59.8 Å². The Morgan fingerprint density at radius 1 is 0.794 bits per heavy atom. The SMILES string of the molecule is CCCOc1c(OC)cc(C2CCC(c3cc(OC)c(OC)c(OC)c3)C2OC)cc1[S+](C)[O-]. The van der Waals surface area contributed by atoms with Crippen molar-refractivity contribution in [3.63, 3.8) is 0 Å². The summed E-state index contributed by atoms with van der Waals surface area (Å²) >= 11 is -1.23. The first-order valence-electron chi connectivity index (χ1n) is 11.4. The molecule has 0 heterocycles. The van der Waals surface area contributed by atoms with Gasteiger partial charge < -0.3 is 33.0 Å². The molecule has 2 aromatic rings. The van der Waals surface area contributed by atoms with Crippen LogP contribution in [-0.2, 0) is 15.9 Å². The van der Waals surface area contributed by atoms with Crippen LogP contribution in [0.5, 0.6) is 28.7 Å². The maximum atomic E-state index is 12.6. The number of hydrogen-bond acceptors (Lipinski definition) is 7. The molecule has 7 nitrogen and oxygen atoms in total. The van der Waals surface area contributed by atoms with Crippen molar-refractivity contribution in [1.82, 2.24) is 0 Å². The average molecular weight is 493 g/mol. The number of benzene rings is 2. The molecule has 34 heavy (non-hydrogen) atoms. The highest BCUT2D eigenvalue weighted by Crippen LogP contribution is 2.50. The Labute approximate surface area is 205 Å². The van der Waals surface area contributed by atoms with Crippen molar-refractivity contribution in [2.75, 3.05) is 48.4 Å². The second-order valence-corrected chi connectivity index (χ2v) is 9.65. The Bertz CT molecular complexity index is 937. The molecule has 0 radical (unpaired) electrons. The van der Waals surface area contributed by atoms with Gasteiger partial charge in [-0.15, -0.1) is 0 Å². The van der Waals surface area contributed by atoms with Gasteiger partial charge >= 0.3 is 0 Å². The Kier molecular flexibility index (Phi) is 9.22. The van der Waals surface area contributed by atoms with E-state index in [1.54, 1.807) is 41.8 Å². The predicted molar refractivity (Wildman–Crippen MR) is 133 cm³/mol. The van der Waals surface area contributed by atoms with Crippen molar-refractivity contribution in [2.45, 2.75) is 49.0 Å². The molecule has 4 unspecified atom stereocenters. The van der Waals surface area contributed by atoms with E-state index in [0.717, 1.165) is 30.4 Å². The van der Waals surface area contributed by atoms with E-state index in [1.807, 2.05) is 31.2 Å². The summed E-state index contributed by atoms with van der Waals surface area (Å²) in [6, 6.07) is 7.97. The zero-order valence-corrected chi connectivity index (χ0v) is 22.0. The Balaban J connectivity index is 2.01. The van der Waals surface area contributed by atoms with Gasteiger partial charge in [0.1, 0.15) is 6.26 Å². The highest BCUT2D eigenvalue weighted by molar-refractivity contribution is 7.90. The van der Waals surface area contributed by atoms with Crippen LogP contribution in [-0.4, -0.2) is 59.1 Å². The minimum atomic E-state index is -1.23. The van der Waals surface area contributed by atoms with E-state index in [1.165, 1.54) is 0 Å². The van der Waals surface area contributed by atoms with E-state index < -0.39 is 11.2 Å². The van der Waals surface area contributed by atoms with Gasteiger partial charge in [0.05, 0.1) is 41.2 Å². The molecule has 0 spiro atoms. The van der Waals surface area contributed by atoms with E-state index in [0.29, 0.717) is 40.2 Å². The van der Waals surface area contributed by atoms with Crippen molar-refractivity contribution in [2.24, 2.45) is 0 Å². The largest absolute Gasteiger partial charge is 0.612 e. The lowest BCUT2D eigenvalue weighted by Gasteiger charge is -2.26. The first-order valence-corrected chi connectivity index (χ1v) is 13.0. The molecule has 0 bridgehead atoms. The molecule has 8 heteroatoms. The summed E-state index contributed by atoms with van der Waals surface area (Å²) in [6.07, 6.45) is 4.26. The fourth-order valence-electron chi connectivity index (χ4n) is 4.85. The van der Waals surface area contributed by atoms with Crippen LogP contribution in [0.4, 0.5) is 0 Å². The third-order valence-electron chi connectivity index (χ3n) is 6.42. The van der Waals surface area contributed by atoms with Crippen LogP contribution in [0.3, 0.4) is 0 Å². The van der Waals surface area contributed by atoms with Gasteiger partial charge in [0, 0.05) is 25.0 Å². The fourth-order valence-corrected chi connectivity index (χ4v) is 5.57. The molecule has 1 saturated carbocycles. The predicted octanol–water partition coefficient (Wildman–Crippen LogP) is 4.92. The number of methoxy groups -OCH3 is 5. The lowest BCUT2D eigenvalue weighted by Crippen LogP contribution is -2.22. The van der Waals surface area contributed by atoms with Gasteiger partial charge in [-0.25, -0.2) is 0 Å². The smallest absolute Gasteiger partial charge is 0.216 e. The molecule has 188 valence electrons. The normalized spacial score (nSPS) is 20.6. The summed E-state index contributed by atoms with van der Waals surface area (Å²) in [5.74, 6) is 3.20. The van der Waals surface area contributed by atoms with Gasteiger partial charge in [-0.1, -0.05) is 6.92 Å². The highest BCUT2D eigenvalue weighted by atomic mass is 32.2. The molecule has 0 saturated heterocycles. The molecule has 4 atom stereocenters. The van der Waals surface area contributed by atoms with Crippen LogP contribution >= 0.6 is 0 Å². The van der Waals surface area contributed by atoms with E-state index in [4.69, 9.17) is 28.4 Å². The van der Waals surface area contributed by atoms with Gasteiger partial charge in [-0.2, -0.15) is 0 Å². The molecular weight excluding hydrogens is 456 g/mol. The van der Waals surface area contributed by atoms with Crippen molar-refractivity contribution in [1.29, 1.82) is 0 Å². The molecule has 0 N–H and O–H groups in total. The highest BCUT2D eigenvalue weighted by Gasteiger charge is 2.40. The quantitative estimate of drug-likeness (QED) is 0.412. The van der Waals surface area contributed by atoms with Gasteiger partial charge in [0.15, 0.2) is 22.1 Å². The number of hydrogen-bond donors (Lipinski definition) is 0. The summed E-state index contributed by atoms with van der Waals surface area (Å²) in [4.78, 5) is 0.647. The molecule has 0 amide bonds. The first kappa shape index (κ1) is 26.3. The standard InChI is InChI=1S/C26H36O7S/c1-8-11-33-26-22(30-4)14-17(15-23(26)34(7)27)19-10-9-18(24(19)31-5)16-12-20(28-2)25(32-6)21(13-16)29-3/h12-15,18-19,24H,8-11H2,1-7H3. The number of rotatable bonds is 11. The van der Waals surface area contributed by atoms with Crippen molar-refractivity contribution < 1.29 is 33.0 Å². The third kappa shape index (κ3) is 5.19. The number of ether oxygens (including phenoxy) is 6. The summed E-state index contributed by atoms with van der Waals surface area (Å²) in [7, 11) is 8.19. The van der Waals surface area contributed by atoms with Gasteiger partial charge in [-0.3, -0.25) is 0 Å². The summed E-state index contributed by atoms with van der Waals surface area (Å²) in [5, 5.41) is 0. The van der Waals surface area contributed by atoms with Crippen LogP contribution in [0.25, 0.3) is 0 Å². The minimum Gasteiger partial charge on any atom is -0.612 e. The van der Waals surface area contributed by atoms with Crippen LogP contribution in [0.1, 0.15) is 49.1 Å². The fraction of sp³-hybridized carbons (Fsp3) is 0.538. The van der Waals surface area contributed by atoms with E-state index in [-0.39, 0.29) is 17.9 Å². The molecular formula is C26H36O7S. The van der Waals surface area contributed by atoms with Gasteiger partial charge in [0.2, 0.25) is 11.5 Å². The van der Waals surface area contributed by atoms with Gasteiger partial charge in [0.25, 0.3) is 0 Å². The van der Waals surface area contributed by atoms with Crippen molar-refractivity contribution in [3.8, 4) is 28.7 Å². The summed E-state index contributed by atoms with van der Waals surface area (Å²) < 4.78 is 46.8. The maximum absolute atomic E-state index is 12.6. The molecule has 3 rings (SSSR count). The zero-order valence-electron chi connectivity index (χ0n) is 21.1. The first-order chi connectivity index (χ1) is 16.4. The lowest BCUT2D eigenvalue weighted by atomic mass is 9.89. The van der Waals surface area contributed by atoms with Crippen LogP contribution in [0.15, 0.2) is 29.2 Å². The average Bonchev–Trinajstić information content (AvgIpc) is 3.29. The van der Waals surface area contributed by atoms with Crippen LogP contribution in [0.2, 0.25) is 0 Å². The summed E-state index contributed by atoms with van der Waals surface area (Å²) in [6.45, 7) is 2.57. The third-order valence-corrected chi connectivity index (χ3v) is 7.34. The Morgan fingerprint density at radius 2 is 1.29 bits per heavy atom. The van der Waals surface area contributed by atoms with E-state index >= 15 is 0 Å². The van der Waals surface area contributed by atoms with Crippen LogP contribution < -0.4 is 23.7 Å².